The van der Waals surface area contributed by atoms with Crippen molar-refractivity contribution in [3.63, 3.8) is 0 Å². The monoisotopic (exact) mass is 244 g/mol. The van der Waals surface area contributed by atoms with E-state index in [1.54, 1.807) is 6.92 Å². The van der Waals surface area contributed by atoms with Gasteiger partial charge < -0.3 is 14.6 Å². The van der Waals surface area contributed by atoms with Crippen LogP contribution in [0.3, 0.4) is 0 Å². The van der Waals surface area contributed by atoms with E-state index in [1.165, 1.54) is 25.7 Å². The Labute approximate surface area is 103 Å². The first-order valence-corrected chi connectivity index (χ1v) is 6.55. The second kappa shape index (κ2) is 6.97. The summed E-state index contributed by atoms with van der Waals surface area (Å²) >= 11 is 0. The highest BCUT2D eigenvalue weighted by Crippen LogP contribution is 2.26. The van der Waals surface area contributed by atoms with Gasteiger partial charge in [-0.25, -0.2) is 0 Å². The van der Waals surface area contributed by atoms with Crippen LogP contribution in [0.15, 0.2) is 0 Å². The zero-order chi connectivity index (χ0) is 12.7. The molecule has 1 heterocycles. The molecule has 0 aromatic heterocycles. The van der Waals surface area contributed by atoms with Crippen LogP contribution >= 0.6 is 0 Å². The van der Waals surface area contributed by atoms with Crippen molar-refractivity contribution in [2.75, 3.05) is 13.2 Å². The molecule has 0 bridgehead atoms. The van der Waals surface area contributed by atoms with Crippen LogP contribution in [0, 0.1) is 5.41 Å². The fourth-order valence-electron chi connectivity index (χ4n) is 1.85. The molecule has 1 fully saturated rings. The first-order chi connectivity index (χ1) is 8.08. The van der Waals surface area contributed by atoms with Gasteiger partial charge in [-0.3, -0.25) is 4.79 Å². The number of unbranched alkanes of at least 4 members (excludes halogenated alkanes) is 4. The molecule has 1 saturated heterocycles. The number of ether oxygens (including phenoxy) is 2. The Morgan fingerprint density at radius 2 is 1.82 bits per heavy atom. The van der Waals surface area contributed by atoms with Crippen LogP contribution in [0.2, 0.25) is 0 Å². The number of rotatable bonds is 7. The smallest absolute Gasteiger partial charge is 0.314 e. The predicted octanol–water partition coefficient (Wildman–Crippen LogP) is 2.81. The molecule has 1 aliphatic heterocycles. The molecule has 17 heavy (non-hydrogen) atoms. The maximum Gasteiger partial charge on any atom is 0.314 e. The predicted molar refractivity (Wildman–Crippen MR) is 64.8 cm³/mol. The molecule has 0 unspecified atom stereocenters. The summed E-state index contributed by atoms with van der Waals surface area (Å²) in [5, 5.41) is 9.00. The Morgan fingerprint density at radius 3 is 2.35 bits per heavy atom. The normalized spacial score (nSPS) is 29.2. The molecule has 0 aromatic carbocycles. The van der Waals surface area contributed by atoms with E-state index < -0.39 is 11.4 Å². The molecule has 1 rings (SSSR count). The maximum atomic E-state index is 11.0. The molecule has 1 N–H and O–H groups in total. The summed E-state index contributed by atoms with van der Waals surface area (Å²) < 4.78 is 10.9. The zero-order valence-corrected chi connectivity index (χ0v) is 10.9. The number of carboxylic acids is 1. The Balaban J connectivity index is 2.13. The van der Waals surface area contributed by atoms with Crippen molar-refractivity contribution in [3.05, 3.63) is 0 Å². The molecule has 100 valence electrons. The first-order valence-electron chi connectivity index (χ1n) is 6.55. The number of carbonyl (C=O) groups is 1. The molecule has 0 spiro atoms. The van der Waals surface area contributed by atoms with Gasteiger partial charge in [0.2, 0.25) is 0 Å². The average molecular weight is 244 g/mol. The molecule has 0 aromatic rings. The van der Waals surface area contributed by atoms with E-state index in [9.17, 15) is 4.79 Å². The number of carboxylic acid groups (broad SMARTS) is 1. The lowest BCUT2D eigenvalue weighted by atomic mass is 9.92. The van der Waals surface area contributed by atoms with E-state index >= 15 is 0 Å². The summed E-state index contributed by atoms with van der Waals surface area (Å²) in [6.45, 7) is 4.36. The van der Waals surface area contributed by atoms with Gasteiger partial charge in [0.1, 0.15) is 5.41 Å². The molecular weight excluding hydrogens is 220 g/mol. The van der Waals surface area contributed by atoms with Crippen LogP contribution in [0.4, 0.5) is 0 Å². The fourth-order valence-corrected chi connectivity index (χ4v) is 1.85. The van der Waals surface area contributed by atoms with Crippen molar-refractivity contribution in [2.45, 2.75) is 58.7 Å². The zero-order valence-electron chi connectivity index (χ0n) is 10.9. The van der Waals surface area contributed by atoms with E-state index in [0.29, 0.717) is 0 Å². The SMILES string of the molecule is CCCCCCCC1OCC(C)(C(=O)O)CO1. The molecule has 0 atom stereocenters. The third-order valence-corrected chi connectivity index (χ3v) is 3.24. The second-order valence-electron chi connectivity index (χ2n) is 5.12. The second-order valence-corrected chi connectivity index (χ2v) is 5.12. The summed E-state index contributed by atoms with van der Waals surface area (Å²) in [4.78, 5) is 11.0. The summed E-state index contributed by atoms with van der Waals surface area (Å²) in [6.07, 6.45) is 6.75. The lowest BCUT2D eigenvalue weighted by Crippen LogP contribution is -2.45. The van der Waals surface area contributed by atoms with Gasteiger partial charge in [-0.05, 0) is 19.8 Å². The summed E-state index contributed by atoms with van der Waals surface area (Å²) in [6, 6.07) is 0. The number of hydrogen-bond acceptors (Lipinski definition) is 3. The summed E-state index contributed by atoms with van der Waals surface area (Å²) in [5.74, 6) is -0.848. The van der Waals surface area contributed by atoms with Gasteiger partial charge in [-0.1, -0.05) is 32.6 Å². The van der Waals surface area contributed by atoms with Crippen LogP contribution in [-0.4, -0.2) is 30.6 Å². The highest BCUT2D eigenvalue weighted by molar-refractivity contribution is 5.74. The van der Waals surface area contributed by atoms with Crippen LogP contribution in [0.1, 0.15) is 52.4 Å². The third-order valence-electron chi connectivity index (χ3n) is 3.24. The molecule has 0 aliphatic carbocycles. The molecule has 0 saturated carbocycles. The molecule has 0 amide bonds. The van der Waals surface area contributed by atoms with Gasteiger partial charge in [0.15, 0.2) is 6.29 Å². The topological polar surface area (TPSA) is 55.8 Å². The van der Waals surface area contributed by atoms with Gasteiger partial charge in [-0.2, -0.15) is 0 Å². The van der Waals surface area contributed by atoms with Crippen molar-refractivity contribution in [2.24, 2.45) is 5.41 Å². The highest BCUT2D eigenvalue weighted by Gasteiger charge is 2.39. The largest absolute Gasteiger partial charge is 0.481 e. The quantitative estimate of drug-likeness (QED) is 0.700. The van der Waals surface area contributed by atoms with Gasteiger partial charge >= 0.3 is 5.97 Å². The maximum absolute atomic E-state index is 11.0. The number of aliphatic carboxylic acids is 1. The van der Waals surface area contributed by atoms with E-state index in [2.05, 4.69) is 6.92 Å². The third kappa shape index (κ3) is 4.64. The standard InChI is InChI=1S/C13H24O4/c1-3-4-5-6-7-8-11-16-9-13(2,10-17-11)12(14)15/h11H,3-10H2,1-2H3,(H,14,15). The lowest BCUT2D eigenvalue weighted by molar-refractivity contribution is -0.232. The van der Waals surface area contributed by atoms with E-state index in [4.69, 9.17) is 14.6 Å². The summed E-state index contributed by atoms with van der Waals surface area (Å²) in [7, 11) is 0. The van der Waals surface area contributed by atoms with Gasteiger partial charge in [0.05, 0.1) is 13.2 Å². The molecule has 0 radical (unpaired) electrons. The van der Waals surface area contributed by atoms with E-state index in [-0.39, 0.29) is 19.5 Å². The van der Waals surface area contributed by atoms with Crippen molar-refractivity contribution in [3.8, 4) is 0 Å². The average Bonchev–Trinajstić information content (AvgIpc) is 2.31. The van der Waals surface area contributed by atoms with Gasteiger partial charge in [0.25, 0.3) is 0 Å². The lowest BCUT2D eigenvalue weighted by Gasteiger charge is -2.34. The van der Waals surface area contributed by atoms with Crippen LogP contribution in [0.5, 0.6) is 0 Å². The first kappa shape index (κ1) is 14.5. The van der Waals surface area contributed by atoms with E-state index in [1.807, 2.05) is 0 Å². The minimum absolute atomic E-state index is 0.205. The Morgan fingerprint density at radius 1 is 1.24 bits per heavy atom. The van der Waals surface area contributed by atoms with Crippen LogP contribution < -0.4 is 0 Å². The minimum Gasteiger partial charge on any atom is -0.481 e. The summed E-state index contributed by atoms with van der Waals surface area (Å²) in [5.41, 5.74) is -0.876. The molecule has 1 aliphatic rings. The van der Waals surface area contributed by atoms with Crippen molar-refractivity contribution in [1.82, 2.24) is 0 Å². The highest BCUT2D eigenvalue weighted by atomic mass is 16.7. The Bertz CT molecular complexity index is 232. The van der Waals surface area contributed by atoms with Crippen molar-refractivity contribution < 1.29 is 19.4 Å². The van der Waals surface area contributed by atoms with Gasteiger partial charge in [-0.15, -0.1) is 0 Å². The Hall–Kier alpha value is -0.610. The fraction of sp³-hybridized carbons (Fsp3) is 0.923. The molecule has 4 nitrogen and oxygen atoms in total. The minimum atomic E-state index is -0.876. The van der Waals surface area contributed by atoms with Crippen molar-refractivity contribution in [1.29, 1.82) is 0 Å². The van der Waals surface area contributed by atoms with Crippen LogP contribution in [-0.2, 0) is 14.3 Å². The number of hydrogen-bond donors (Lipinski definition) is 1. The molecular formula is C13H24O4. The van der Waals surface area contributed by atoms with Gasteiger partial charge in [0, 0.05) is 0 Å². The van der Waals surface area contributed by atoms with Crippen LogP contribution in [0.25, 0.3) is 0 Å². The van der Waals surface area contributed by atoms with E-state index in [0.717, 1.165) is 12.8 Å². The molecule has 4 heteroatoms. The van der Waals surface area contributed by atoms with Crippen molar-refractivity contribution >= 4 is 5.97 Å². The Kier molecular flexibility index (Phi) is 5.92.